The fraction of sp³-hybridized carbons (Fsp3) is 0.467. The summed E-state index contributed by atoms with van der Waals surface area (Å²) >= 11 is 0. The quantitative estimate of drug-likeness (QED) is 0.876. The number of nitrogens with one attached hydrogen (secondary N) is 2. The van der Waals surface area contributed by atoms with E-state index in [1.807, 2.05) is 12.1 Å². The van der Waals surface area contributed by atoms with Gasteiger partial charge in [-0.15, -0.1) is 0 Å². The maximum absolute atomic E-state index is 12.9. The number of rotatable bonds is 4. The van der Waals surface area contributed by atoms with Gasteiger partial charge in [-0.1, -0.05) is 17.2 Å². The number of hydrogen-bond donors (Lipinski definition) is 2. The zero-order chi connectivity index (χ0) is 16.9. The third-order valence-electron chi connectivity index (χ3n) is 4.09. The van der Waals surface area contributed by atoms with Gasteiger partial charge in [-0.05, 0) is 41.0 Å². The van der Waals surface area contributed by atoms with Gasteiger partial charge in [-0.3, -0.25) is 10.2 Å². The van der Waals surface area contributed by atoms with Crippen LogP contribution < -0.4 is 10.6 Å². The molecule has 2 aromatic rings. The Labute approximate surface area is 139 Å². The second-order valence-corrected chi connectivity index (χ2v) is 5.90. The highest BCUT2D eigenvalue weighted by Gasteiger charge is 2.21. The predicted octanol–water partition coefficient (Wildman–Crippen LogP) is 1.14. The fourth-order valence-corrected chi connectivity index (χ4v) is 2.74. The Balaban J connectivity index is 1.42. The lowest BCUT2D eigenvalue weighted by Crippen LogP contribution is -2.45. The number of halogens is 1. The first kappa shape index (κ1) is 16.3. The van der Waals surface area contributed by atoms with Crippen LogP contribution in [-0.4, -0.2) is 50.3 Å². The number of carbonyl (C=O) groups excluding carboxylic acids is 1. The Morgan fingerprint density at radius 1 is 1.29 bits per heavy atom. The van der Waals surface area contributed by atoms with Crippen molar-refractivity contribution in [2.75, 3.05) is 18.4 Å². The topological polar surface area (TPSA) is 88.0 Å². The number of likely N-dealkylation sites (tertiary alicyclic amines) is 1. The second-order valence-electron chi connectivity index (χ2n) is 5.90. The molecule has 1 aliphatic rings. The summed E-state index contributed by atoms with van der Waals surface area (Å²) in [5, 5.41) is 16.4. The summed E-state index contributed by atoms with van der Waals surface area (Å²) in [7, 11) is 1.66. The molecule has 0 spiro atoms. The molecule has 2 amide bonds. The minimum absolute atomic E-state index is 0.121. The molecule has 0 aliphatic carbocycles. The number of tetrazole rings is 1. The first-order chi connectivity index (χ1) is 11.6. The number of aryl methyl sites for hydroxylation is 1. The van der Waals surface area contributed by atoms with Crippen molar-refractivity contribution in [1.82, 2.24) is 30.4 Å². The molecule has 0 bridgehead atoms. The first-order valence-corrected chi connectivity index (χ1v) is 7.87. The highest BCUT2D eigenvalue weighted by Crippen LogP contribution is 2.14. The van der Waals surface area contributed by atoms with Gasteiger partial charge in [0.2, 0.25) is 0 Å². The van der Waals surface area contributed by atoms with E-state index in [4.69, 9.17) is 0 Å². The molecule has 0 unspecified atom stereocenters. The number of benzene rings is 1. The van der Waals surface area contributed by atoms with Crippen LogP contribution in [0.5, 0.6) is 0 Å². The summed E-state index contributed by atoms with van der Waals surface area (Å²) in [5.74, 6) is 0.0898. The molecule has 24 heavy (non-hydrogen) atoms. The summed E-state index contributed by atoms with van der Waals surface area (Å²) in [6.07, 6.45) is 1.73. The third-order valence-corrected chi connectivity index (χ3v) is 4.09. The van der Waals surface area contributed by atoms with Crippen LogP contribution in [0.2, 0.25) is 0 Å². The maximum atomic E-state index is 12.9. The zero-order valence-electron chi connectivity index (χ0n) is 13.4. The van der Waals surface area contributed by atoms with E-state index in [1.54, 1.807) is 7.05 Å². The summed E-state index contributed by atoms with van der Waals surface area (Å²) in [5.41, 5.74) is 1.09. The van der Waals surface area contributed by atoms with Crippen LogP contribution >= 0.6 is 0 Å². The minimum atomic E-state index is -0.301. The molecule has 3 rings (SSSR count). The van der Waals surface area contributed by atoms with Crippen LogP contribution in [0.25, 0.3) is 0 Å². The summed E-state index contributed by atoms with van der Waals surface area (Å²) in [6.45, 7) is 2.56. The fourth-order valence-electron chi connectivity index (χ4n) is 2.74. The number of nitrogens with zero attached hydrogens (tertiary/aromatic N) is 5. The molecule has 2 N–H and O–H groups in total. The standard InChI is InChI=1S/C15H20FN7O/c1-22-14(19-20-21-22)18-15(24)17-13-6-8-23(9-7-13)10-11-2-4-12(16)5-3-11/h2-5,13H,6-10H2,1H3,(H2,17,18,19,21,24). The average molecular weight is 333 g/mol. The summed E-state index contributed by atoms with van der Waals surface area (Å²) in [6, 6.07) is 6.40. The molecule has 8 nitrogen and oxygen atoms in total. The van der Waals surface area contributed by atoms with Gasteiger partial charge in [0.25, 0.3) is 5.95 Å². The predicted molar refractivity (Wildman–Crippen MR) is 85.7 cm³/mol. The molecule has 9 heteroatoms. The number of piperidine rings is 1. The molecule has 0 atom stereocenters. The smallest absolute Gasteiger partial charge is 0.321 e. The first-order valence-electron chi connectivity index (χ1n) is 7.87. The van der Waals surface area contributed by atoms with Gasteiger partial charge in [0, 0.05) is 32.7 Å². The second kappa shape index (κ2) is 7.35. The average Bonchev–Trinajstić information content (AvgIpc) is 2.96. The van der Waals surface area contributed by atoms with Gasteiger partial charge >= 0.3 is 6.03 Å². The lowest BCUT2D eigenvalue weighted by molar-refractivity contribution is 0.189. The van der Waals surface area contributed by atoms with Gasteiger partial charge < -0.3 is 5.32 Å². The number of urea groups is 1. The van der Waals surface area contributed by atoms with E-state index in [9.17, 15) is 9.18 Å². The van der Waals surface area contributed by atoms with Gasteiger partial charge in [-0.25, -0.2) is 13.9 Å². The molecule has 1 aromatic heterocycles. The molecule has 1 fully saturated rings. The maximum Gasteiger partial charge on any atom is 0.321 e. The number of hydrogen-bond acceptors (Lipinski definition) is 5. The Kier molecular flexibility index (Phi) is 4.99. The van der Waals surface area contributed by atoms with Gasteiger partial charge in [-0.2, -0.15) is 0 Å². The number of carbonyl (C=O) groups is 1. The van der Waals surface area contributed by atoms with E-state index in [1.165, 1.54) is 16.8 Å². The van der Waals surface area contributed by atoms with Gasteiger partial charge in [0.15, 0.2) is 0 Å². The highest BCUT2D eigenvalue weighted by atomic mass is 19.1. The van der Waals surface area contributed by atoms with Crippen molar-refractivity contribution in [2.45, 2.75) is 25.4 Å². The SMILES string of the molecule is Cn1nnnc1NC(=O)NC1CCN(Cc2ccc(F)cc2)CC1. The van der Waals surface area contributed by atoms with Crippen LogP contribution in [0, 0.1) is 5.82 Å². The molecule has 1 aliphatic heterocycles. The van der Waals surface area contributed by atoms with E-state index in [-0.39, 0.29) is 17.9 Å². The minimum Gasteiger partial charge on any atom is -0.335 e. The van der Waals surface area contributed by atoms with Crippen molar-refractivity contribution in [3.63, 3.8) is 0 Å². The lowest BCUT2D eigenvalue weighted by Gasteiger charge is -2.32. The summed E-state index contributed by atoms with van der Waals surface area (Å²) in [4.78, 5) is 14.3. The Morgan fingerprint density at radius 3 is 2.62 bits per heavy atom. The molecule has 2 heterocycles. The van der Waals surface area contributed by atoms with E-state index < -0.39 is 0 Å². The lowest BCUT2D eigenvalue weighted by atomic mass is 10.0. The molecule has 128 valence electrons. The van der Waals surface area contributed by atoms with Crippen molar-refractivity contribution in [3.05, 3.63) is 35.6 Å². The third kappa shape index (κ3) is 4.25. The molecular weight excluding hydrogens is 313 g/mol. The van der Waals surface area contributed by atoms with Crippen molar-refractivity contribution in [3.8, 4) is 0 Å². The zero-order valence-corrected chi connectivity index (χ0v) is 13.4. The van der Waals surface area contributed by atoms with Crippen LogP contribution in [0.15, 0.2) is 24.3 Å². The van der Waals surface area contributed by atoms with E-state index in [2.05, 4.69) is 31.1 Å². The van der Waals surface area contributed by atoms with Crippen molar-refractivity contribution in [1.29, 1.82) is 0 Å². The normalized spacial score (nSPS) is 16.1. The van der Waals surface area contributed by atoms with Gasteiger partial charge in [0.1, 0.15) is 5.82 Å². The van der Waals surface area contributed by atoms with Crippen molar-refractivity contribution < 1.29 is 9.18 Å². The Morgan fingerprint density at radius 2 is 2.00 bits per heavy atom. The Hall–Kier alpha value is -2.55. The van der Waals surface area contributed by atoms with Crippen LogP contribution in [0.1, 0.15) is 18.4 Å². The summed E-state index contributed by atoms with van der Waals surface area (Å²) < 4.78 is 14.3. The number of anilines is 1. The highest BCUT2D eigenvalue weighted by molar-refractivity contribution is 5.87. The number of aromatic nitrogens is 4. The van der Waals surface area contributed by atoms with Crippen LogP contribution in [0.4, 0.5) is 15.1 Å². The monoisotopic (exact) mass is 333 g/mol. The van der Waals surface area contributed by atoms with E-state index in [0.29, 0.717) is 5.95 Å². The van der Waals surface area contributed by atoms with Crippen molar-refractivity contribution >= 4 is 12.0 Å². The van der Waals surface area contributed by atoms with E-state index in [0.717, 1.165) is 38.0 Å². The molecule has 0 radical (unpaired) electrons. The van der Waals surface area contributed by atoms with Gasteiger partial charge in [0.05, 0.1) is 0 Å². The van der Waals surface area contributed by atoms with Crippen molar-refractivity contribution in [2.24, 2.45) is 7.05 Å². The molecule has 1 saturated heterocycles. The number of amides is 2. The van der Waals surface area contributed by atoms with Crippen LogP contribution in [0.3, 0.4) is 0 Å². The molecule has 0 saturated carbocycles. The molecular formula is C15H20FN7O. The Bertz CT molecular complexity index is 679. The largest absolute Gasteiger partial charge is 0.335 e. The molecule has 1 aromatic carbocycles. The van der Waals surface area contributed by atoms with Crippen LogP contribution in [-0.2, 0) is 13.6 Å². The van der Waals surface area contributed by atoms with E-state index >= 15 is 0 Å².